The summed E-state index contributed by atoms with van der Waals surface area (Å²) in [5.74, 6) is -1.41. The maximum Gasteiger partial charge on any atom is 0.292 e. The minimum Gasteiger partial charge on any atom is -0.383 e. The topological polar surface area (TPSA) is 151 Å². The van der Waals surface area contributed by atoms with E-state index >= 15 is 0 Å². The number of nitro groups is 1. The molecule has 1 saturated heterocycles. The summed E-state index contributed by atoms with van der Waals surface area (Å²) in [5.41, 5.74) is 2.14. The highest BCUT2D eigenvalue weighted by Crippen LogP contribution is 2.55. The molecule has 5 rings (SSSR count). The van der Waals surface area contributed by atoms with Gasteiger partial charge in [0.25, 0.3) is 25.0 Å². The zero-order valence-electron chi connectivity index (χ0n) is 24.3. The van der Waals surface area contributed by atoms with Gasteiger partial charge in [0.05, 0.1) is 34.7 Å². The van der Waals surface area contributed by atoms with Crippen LogP contribution < -0.4 is 10.6 Å². The van der Waals surface area contributed by atoms with Crippen molar-refractivity contribution in [3.63, 3.8) is 0 Å². The molecule has 12 nitrogen and oxygen atoms in total. The molecule has 3 atom stereocenters. The predicted octanol–water partition coefficient (Wildman–Crippen LogP) is 4.68. The van der Waals surface area contributed by atoms with Crippen molar-refractivity contribution in [2.75, 3.05) is 31.3 Å². The molecule has 0 spiro atoms. The number of rotatable bonds is 13. The highest BCUT2D eigenvalue weighted by atomic mass is 31.2. The second-order valence-electron chi connectivity index (χ2n) is 10.7. The predicted molar refractivity (Wildman–Crippen MR) is 164 cm³/mol. The number of carbonyl (C=O) groups is 3. The van der Waals surface area contributed by atoms with Crippen molar-refractivity contribution >= 4 is 36.6 Å². The van der Waals surface area contributed by atoms with Crippen LogP contribution in [0.3, 0.4) is 0 Å². The van der Waals surface area contributed by atoms with Gasteiger partial charge in [0, 0.05) is 30.9 Å². The number of amides is 3. The maximum atomic E-state index is 14.4. The molecule has 2 aliphatic rings. The number of benzene rings is 3. The first kappa shape index (κ1) is 31.1. The van der Waals surface area contributed by atoms with Gasteiger partial charge in [-0.1, -0.05) is 42.5 Å². The number of anilines is 1. The molecule has 3 aromatic rings. The van der Waals surface area contributed by atoms with E-state index in [9.17, 15) is 29.1 Å². The largest absolute Gasteiger partial charge is 0.383 e. The van der Waals surface area contributed by atoms with Gasteiger partial charge in [0.15, 0.2) is 0 Å². The first-order valence-corrected chi connectivity index (χ1v) is 16.2. The molecule has 3 amide bonds. The summed E-state index contributed by atoms with van der Waals surface area (Å²) in [6, 6.07) is 20.9. The molecule has 0 aliphatic carbocycles. The van der Waals surface area contributed by atoms with Crippen LogP contribution in [0.25, 0.3) is 0 Å². The summed E-state index contributed by atoms with van der Waals surface area (Å²) < 4.78 is 21.7. The van der Waals surface area contributed by atoms with E-state index in [0.717, 1.165) is 10.5 Å². The first-order valence-electron chi connectivity index (χ1n) is 14.5. The number of hydrogen-bond acceptors (Lipinski definition) is 8. The molecule has 2 heterocycles. The SMILES string of the molecule is CCO[P@@](=O)(CN1C(=O)c2ccccc2C1=O)N1CCC[C@H]1C(=O)N[C@@H](CNc1ccc([N+](=O)[O-])cc1)Cc1ccccc1. The second kappa shape index (κ2) is 13.5. The zero-order valence-corrected chi connectivity index (χ0v) is 25.2. The Hall–Kier alpha value is -4.38. The summed E-state index contributed by atoms with van der Waals surface area (Å²) in [4.78, 5) is 51.4. The fourth-order valence-corrected chi connectivity index (χ4v) is 8.14. The molecule has 1 fully saturated rings. The maximum absolute atomic E-state index is 14.4. The first-order chi connectivity index (χ1) is 21.2. The molecule has 0 aromatic heterocycles. The van der Waals surface area contributed by atoms with Crippen molar-refractivity contribution in [1.82, 2.24) is 14.9 Å². The average Bonchev–Trinajstić information content (AvgIpc) is 3.62. The number of nitrogens with one attached hydrogen (secondary N) is 2. The van der Waals surface area contributed by atoms with E-state index in [1.165, 1.54) is 16.8 Å². The molecule has 0 saturated carbocycles. The Labute approximate surface area is 255 Å². The third-order valence-corrected chi connectivity index (χ3v) is 10.3. The van der Waals surface area contributed by atoms with Crippen molar-refractivity contribution in [2.45, 2.75) is 38.3 Å². The lowest BCUT2D eigenvalue weighted by molar-refractivity contribution is -0.384. The minimum absolute atomic E-state index is 0.0223. The van der Waals surface area contributed by atoms with Gasteiger partial charge in [0.2, 0.25) is 5.91 Å². The van der Waals surface area contributed by atoms with E-state index in [2.05, 4.69) is 10.6 Å². The van der Waals surface area contributed by atoms with Gasteiger partial charge in [-0.15, -0.1) is 0 Å². The van der Waals surface area contributed by atoms with Crippen molar-refractivity contribution in [1.29, 1.82) is 0 Å². The van der Waals surface area contributed by atoms with Crippen molar-refractivity contribution < 1.29 is 28.4 Å². The number of nitro benzene ring substituents is 1. The van der Waals surface area contributed by atoms with E-state index in [1.807, 2.05) is 30.3 Å². The molecule has 3 aromatic carbocycles. The van der Waals surface area contributed by atoms with Crippen LogP contribution in [0.1, 0.15) is 46.0 Å². The van der Waals surface area contributed by atoms with Crippen molar-refractivity contribution in [3.8, 4) is 0 Å². The van der Waals surface area contributed by atoms with Gasteiger partial charge in [0.1, 0.15) is 6.29 Å². The Morgan fingerprint density at radius 2 is 1.66 bits per heavy atom. The number of nitrogens with zero attached hydrogens (tertiary/aromatic N) is 3. The van der Waals surface area contributed by atoms with E-state index < -0.39 is 36.6 Å². The van der Waals surface area contributed by atoms with Crippen LogP contribution in [-0.4, -0.2) is 70.3 Å². The second-order valence-corrected chi connectivity index (χ2v) is 13.0. The highest BCUT2D eigenvalue weighted by molar-refractivity contribution is 7.56. The Morgan fingerprint density at radius 3 is 2.27 bits per heavy atom. The van der Waals surface area contributed by atoms with Crippen LogP contribution in [0.15, 0.2) is 78.9 Å². The molecule has 44 heavy (non-hydrogen) atoms. The Bertz CT molecular complexity index is 1550. The van der Waals surface area contributed by atoms with Gasteiger partial charge in [-0.25, -0.2) is 4.67 Å². The van der Waals surface area contributed by atoms with Crippen LogP contribution in [0.2, 0.25) is 0 Å². The Morgan fingerprint density at radius 1 is 1.02 bits per heavy atom. The minimum atomic E-state index is -3.83. The lowest BCUT2D eigenvalue weighted by atomic mass is 10.0. The summed E-state index contributed by atoms with van der Waals surface area (Å²) >= 11 is 0. The zero-order chi connectivity index (χ0) is 31.3. The summed E-state index contributed by atoms with van der Waals surface area (Å²) in [5, 5.41) is 17.4. The van der Waals surface area contributed by atoms with Crippen LogP contribution in [0.4, 0.5) is 11.4 Å². The fraction of sp³-hybridized carbons (Fsp3) is 0.323. The molecule has 2 aliphatic heterocycles. The summed E-state index contributed by atoms with van der Waals surface area (Å²) in [6.07, 6.45) is 1.06. The summed E-state index contributed by atoms with van der Waals surface area (Å²) in [7, 11) is -3.83. The lowest BCUT2D eigenvalue weighted by Gasteiger charge is -2.34. The van der Waals surface area contributed by atoms with Crippen molar-refractivity contribution in [3.05, 3.63) is 106 Å². The van der Waals surface area contributed by atoms with Crippen molar-refractivity contribution in [2.24, 2.45) is 0 Å². The van der Waals surface area contributed by atoms with E-state index in [1.54, 1.807) is 43.3 Å². The quantitative estimate of drug-likeness (QED) is 0.120. The number of non-ortho nitro benzene ring substituents is 1. The van der Waals surface area contributed by atoms with E-state index in [0.29, 0.717) is 38.0 Å². The lowest BCUT2D eigenvalue weighted by Crippen LogP contribution is -2.49. The van der Waals surface area contributed by atoms with Crippen LogP contribution >= 0.6 is 7.52 Å². The standard InChI is InChI=1S/C31H34N5O7P/c1-2-43-44(42,21-34-30(38)26-11-6-7-12-27(26)31(34)39)35-18-8-13-28(35)29(37)33-24(19-22-9-4-3-5-10-22)20-32-23-14-16-25(17-15-23)36(40)41/h3-7,9-12,14-17,24,28,32H,2,8,13,18-21H2,1H3,(H,33,37)/t24-,28+,44+/m1/s1. The molecule has 0 bridgehead atoms. The molecular formula is C31H34N5O7P. The van der Waals surface area contributed by atoms with Gasteiger partial charge in [-0.2, -0.15) is 0 Å². The molecule has 2 N–H and O–H groups in total. The van der Waals surface area contributed by atoms with Gasteiger partial charge >= 0.3 is 0 Å². The van der Waals surface area contributed by atoms with Crippen LogP contribution in [0, 0.1) is 10.1 Å². The summed E-state index contributed by atoms with van der Waals surface area (Å²) in [6.45, 7) is 2.38. The van der Waals surface area contributed by atoms with E-state index in [-0.39, 0.29) is 35.4 Å². The highest BCUT2D eigenvalue weighted by Gasteiger charge is 2.48. The number of fused-ring (bicyclic) bond motifs is 1. The normalized spacial score (nSPS) is 18.5. The molecule has 13 heteroatoms. The van der Waals surface area contributed by atoms with Gasteiger partial charge in [-0.05, 0) is 56.0 Å². The molecule has 0 radical (unpaired) electrons. The molecular weight excluding hydrogens is 585 g/mol. The fourth-order valence-electron chi connectivity index (χ4n) is 5.64. The van der Waals surface area contributed by atoms with Crippen LogP contribution in [-0.2, 0) is 20.3 Å². The number of carbonyl (C=O) groups excluding carboxylic acids is 3. The third-order valence-electron chi connectivity index (χ3n) is 7.75. The average molecular weight is 620 g/mol. The number of imide groups is 1. The monoisotopic (exact) mass is 619 g/mol. The Balaban J connectivity index is 1.32. The smallest absolute Gasteiger partial charge is 0.292 e. The number of hydrogen-bond donors (Lipinski definition) is 2. The van der Waals surface area contributed by atoms with Gasteiger partial charge < -0.3 is 15.2 Å². The van der Waals surface area contributed by atoms with E-state index in [4.69, 9.17) is 4.52 Å². The molecule has 230 valence electrons. The Kier molecular flexibility index (Phi) is 9.53. The van der Waals surface area contributed by atoms with Gasteiger partial charge in [-0.3, -0.25) is 34.0 Å². The third kappa shape index (κ3) is 6.72. The molecule has 0 unspecified atom stereocenters. The van der Waals surface area contributed by atoms with Crippen LogP contribution in [0.5, 0.6) is 0 Å².